The van der Waals surface area contributed by atoms with Crippen LogP contribution in [0.3, 0.4) is 0 Å². The van der Waals surface area contributed by atoms with Crippen LogP contribution in [0.2, 0.25) is 0 Å². The molecule has 0 aromatic carbocycles. The van der Waals surface area contributed by atoms with E-state index in [0.29, 0.717) is 12.0 Å². The topological polar surface area (TPSA) is 42.2 Å². The quantitative estimate of drug-likeness (QED) is 0.933. The summed E-state index contributed by atoms with van der Waals surface area (Å²) in [7, 11) is 0. The Kier molecular flexibility index (Phi) is 8.39. The number of aromatic nitrogens is 1. The first kappa shape index (κ1) is 18.1. The zero-order chi connectivity index (χ0) is 11.5. The number of nitrogens with two attached hydrogens (primary N) is 1. The van der Waals surface area contributed by atoms with Crippen molar-refractivity contribution < 1.29 is 0 Å². The molecule has 2 rings (SSSR count). The van der Waals surface area contributed by atoms with Crippen LogP contribution in [-0.4, -0.2) is 29.0 Å². The van der Waals surface area contributed by atoms with E-state index in [1.165, 1.54) is 10.7 Å². The summed E-state index contributed by atoms with van der Waals surface area (Å²) in [5, 5.41) is 3.45. The monoisotopic (exact) mass is 311 g/mol. The van der Waals surface area contributed by atoms with Crippen LogP contribution in [0.25, 0.3) is 0 Å². The molecule has 106 valence electrons. The summed E-state index contributed by atoms with van der Waals surface area (Å²) in [6.45, 7) is 7.63. The van der Waals surface area contributed by atoms with E-state index >= 15 is 0 Å². The maximum absolute atomic E-state index is 5.89. The van der Waals surface area contributed by atoms with E-state index in [1.807, 2.05) is 0 Å². The van der Waals surface area contributed by atoms with Crippen LogP contribution in [0.4, 0.5) is 0 Å². The lowest BCUT2D eigenvalue weighted by Gasteiger charge is -2.29. The Balaban J connectivity index is 0.00000144. The van der Waals surface area contributed by atoms with Crippen molar-refractivity contribution in [1.82, 2.24) is 9.88 Å². The van der Waals surface area contributed by atoms with E-state index in [9.17, 15) is 0 Å². The number of nitrogens with zero attached hydrogens (tertiary/aromatic N) is 2. The standard InChI is InChI=1S/C12H21N3S.2ClH/c1-9(2)12-14-11(8-16-12)7-15-5-3-10(13)4-6-15;;/h8-10H,3-7,13H2,1-2H3;2*1H. The summed E-state index contributed by atoms with van der Waals surface area (Å²) < 4.78 is 0. The Bertz CT molecular complexity index is 336. The third kappa shape index (κ3) is 5.02. The average molecular weight is 312 g/mol. The van der Waals surface area contributed by atoms with E-state index in [4.69, 9.17) is 5.73 Å². The molecule has 0 radical (unpaired) electrons. The molecule has 0 unspecified atom stereocenters. The highest BCUT2D eigenvalue weighted by Crippen LogP contribution is 2.20. The minimum absolute atomic E-state index is 0. The summed E-state index contributed by atoms with van der Waals surface area (Å²) in [5.41, 5.74) is 7.12. The van der Waals surface area contributed by atoms with Gasteiger partial charge in [0, 0.05) is 37.0 Å². The summed E-state index contributed by atoms with van der Waals surface area (Å²) in [6, 6.07) is 0.415. The van der Waals surface area contributed by atoms with Gasteiger partial charge in [-0.25, -0.2) is 4.98 Å². The van der Waals surface area contributed by atoms with Crippen molar-refractivity contribution >= 4 is 36.2 Å². The fourth-order valence-electron chi connectivity index (χ4n) is 2.00. The smallest absolute Gasteiger partial charge is 0.0954 e. The molecule has 0 spiro atoms. The van der Waals surface area contributed by atoms with Gasteiger partial charge in [-0.15, -0.1) is 36.2 Å². The van der Waals surface area contributed by atoms with Gasteiger partial charge < -0.3 is 5.73 Å². The normalized spacial score (nSPS) is 17.3. The van der Waals surface area contributed by atoms with Gasteiger partial charge in [0.05, 0.1) is 10.7 Å². The van der Waals surface area contributed by atoms with Crippen LogP contribution in [-0.2, 0) is 6.54 Å². The minimum Gasteiger partial charge on any atom is -0.328 e. The lowest BCUT2D eigenvalue weighted by Crippen LogP contribution is -2.39. The van der Waals surface area contributed by atoms with Crippen molar-refractivity contribution in [3.63, 3.8) is 0 Å². The first-order valence-corrected chi connectivity index (χ1v) is 6.95. The first-order valence-electron chi connectivity index (χ1n) is 6.07. The van der Waals surface area contributed by atoms with E-state index in [0.717, 1.165) is 32.5 Å². The summed E-state index contributed by atoms with van der Waals surface area (Å²) in [5.74, 6) is 0.550. The maximum atomic E-state index is 5.89. The number of likely N-dealkylation sites (tertiary alicyclic amines) is 1. The molecule has 0 amide bonds. The molecule has 3 nitrogen and oxygen atoms in total. The van der Waals surface area contributed by atoms with Crippen molar-refractivity contribution in [2.45, 2.75) is 45.2 Å². The van der Waals surface area contributed by atoms with Crippen LogP contribution in [0.5, 0.6) is 0 Å². The van der Waals surface area contributed by atoms with Gasteiger partial charge in [-0.2, -0.15) is 0 Å². The van der Waals surface area contributed by atoms with Crippen molar-refractivity contribution in [1.29, 1.82) is 0 Å². The van der Waals surface area contributed by atoms with Gasteiger partial charge in [-0.05, 0) is 12.8 Å². The fourth-order valence-corrected chi connectivity index (χ4v) is 2.83. The molecule has 1 fully saturated rings. The molecule has 2 heterocycles. The van der Waals surface area contributed by atoms with E-state index < -0.39 is 0 Å². The SMILES string of the molecule is CC(C)c1nc(CN2CCC(N)CC2)cs1.Cl.Cl. The molecule has 6 heteroatoms. The van der Waals surface area contributed by atoms with Gasteiger partial charge in [0.1, 0.15) is 0 Å². The Labute approximate surface area is 126 Å². The van der Waals surface area contributed by atoms with E-state index in [1.54, 1.807) is 11.3 Å². The predicted octanol–water partition coefficient (Wildman–Crippen LogP) is 3.03. The van der Waals surface area contributed by atoms with Gasteiger partial charge >= 0.3 is 0 Å². The summed E-state index contributed by atoms with van der Waals surface area (Å²) in [4.78, 5) is 7.13. The molecule has 1 aromatic rings. The highest BCUT2D eigenvalue weighted by Gasteiger charge is 2.17. The average Bonchev–Trinajstić information content (AvgIpc) is 2.70. The van der Waals surface area contributed by atoms with Crippen LogP contribution < -0.4 is 5.73 Å². The van der Waals surface area contributed by atoms with Crippen molar-refractivity contribution in [3.8, 4) is 0 Å². The third-order valence-electron chi connectivity index (χ3n) is 3.08. The lowest BCUT2D eigenvalue weighted by atomic mass is 10.1. The zero-order valence-corrected chi connectivity index (χ0v) is 13.4. The molecule has 1 aliphatic heterocycles. The van der Waals surface area contributed by atoms with Crippen LogP contribution >= 0.6 is 36.2 Å². The number of hydrogen-bond donors (Lipinski definition) is 1. The Morgan fingerprint density at radius 3 is 2.50 bits per heavy atom. The number of halogens is 2. The molecule has 1 aromatic heterocycles. The minimum atomic E-state index is 0. The Morgan fingerprint density at radius 2 is 2.00 bits per heavy atom. The lowest BCUT2D eigenvalue weighted by molar-refractivity contribution is 0.204. The molecular weight excluding hydrogens is 289 g/mol. The second-order valence-corrected chi connectivity index (χ2v) is 5.84. The number of hydrogen-bond acceptors (Lipinski definition) is 4. The highest BCUT2D eigenvalue weighted by atomic mass is 35.5. The molecule has 0 aliphatic carbocycles. The Hall–Kier alpha value is 0.130. The van der Waals surface area contributed by atoms with Crippen molar-refractivity contribution in [2.24, 2.45) is 5.73 Å². The highest BCUT2D eigenvalue weighted by molar-refractivity contribution is 7.09. The van der Waals surface area contributed by atoms with Gasteiger partial charge in [0.25, 0.3) is 0 Å². The zero-order valence-electron chi connectivity index (χ0n) is 11.0. The second-order valence-electron chi connectivity index (χ2n) is 4.95. The molecule has 0 bridgehead atoms. The third-order valence-corrected chi connectivity index (χ3v) is 4.28. The maximum Gasteiger partial charge on any atom is 0.0954 e. The first-order chi connectivity index (χ1) is 7.65. The molecule has 1 saturated heterocycles. The van der Waals surface area contributed by atoms with Crippen LogP contribution in [0.1, 0.15) is 43.3 Å². The molecule has 0 saturated carbocycles. The largest absolute Gasteiger partial charge is 0.328 e. The summed E-state index contributed by atoms with van der Waals surface area (Å²) in [6.07, 6.45) is 2.25. The van der Waals surface area contributed by atoms with Gasteiger partial charge in [0.2, 0.25) is 0 Å². The van der Waals surface area contributed by atoms with E-state index in [-0.39, 0.29) is 24.8 Å². The Morgan fingerprint density at radius 1 is 1.39 bits per heavy atom. The molecule has 1 aliphatic rings. The predicted molar refractivity (Wildman–Crippen MR) is 83.2 cm³/mol. The number of piperidine rings is 1. The van der Waals surface area contributed by atoms with E-state index in [2.05, 4.69) is 29.1 Å². The second kappa shape index (κ2) is 8.33. The van der Waals surface area contributed by atoms with Crippen molar-refractivity contribution in [2.75, 3.05) is 13.1 Å². The molecule has 2 N–H and O–H groups in total. The van der Waals surface area contributed by atoms with Gasteiger partial charge in [-0.1, -0.05) is 13.8 Å². The van der Waals surface area contributed by atoms with Crippen LogP contribution in [0, 0.1) is 0 Å². The number of thiazole rings is 1. The molecule has 18 heavy (non-hydrogen) atoms. The fraction of sp³-hybridized carbons (Fsp3) is 0.750. The molecular formula is C12H23Cl2N3S. The van der Waals surface area contributed by atoms with Crippen molar-refractivity contribution in [3.05, 3.63) is 16.1 Å². The summed E-state index contributed by atoms with van der Waals surface area (Å²) >= 11 is 1.78. The van der Waals surface area contributed by atoms with Crippen LogP contribution in [0.15, 0.2) is 5.38 Å². The van der Waals surface area contributed by atoms with Gasteiger partial charge in [-0.3, -0.25) is 4.90 Å². The molecule has 0 atom stereocenters. The number of rotatable bonds is 3. The van der Waals surface area contributed by atoms with Gasteiger partial charge in [0.15, 0.2) is 0 Å².